The fraction of sp³-hybridized carbons (Fsp3) is 1.00. The van der Waals surface area contributed by atoms with Crippen molar-refractivity contribution in [1.29, 1.82) is 0 Å². The van der Waals surface area contributed by atoms with E-state index in [1.807, 2.05) is 0 Å². The van der Waals surface area contributed by atoms with Gasteiger partial charge in [-0.2, -0.15) is 0 Å². The van der Waals surface area contributed by atoms with Crippen LogP contribution in [-0.4, -0.2) is 10.6 Å². The van der Waals surface area contributed by atoms with Crippen molar-refractivity contribution >= 4 is 71.8 Å². The number of rotatable bonds is 4. The lowest BCUT2D eigenvalue weighted by Gasteiger charge is -2.14. The summed E-state index contributed by atoms with van der Waals surface area (Å²) >= 11 is 14.6. The molecule has 0 amide bonds. The summed E-state index contributed by atoms with van der Waals surface area (Å²) in [5.41, 5.74) is 0. The van der Waals surface area contributed by atoms with Crippen molar-refractivity contribution in [3.63, 3.8) is 0 Å². The molecule has 0 N–H and O–H groups in total. The molecule has 0 bridgehead atoms. The first kappa shape index (κ1) is 13.4. The van der Waals surface area contributed by atoms with Gasteiger partial charge in [0.2, 0.25) is 0 Å². The van der Waals surface area contributed by atoms with Crippen LogP contribution in [-0.2, 0) is 0 Å². The maximum Gasteiger partial charge on any atom is 0.267 e. The van der Waals surface area contributed by atoms with E-state index >= 15 is 0 Å². The Hall–Kier alpha value is 2.35. The zero-order valence-corrected chi connectivity index (χ0v) is 15.0. The van der Waals surface area contributed by atoms with Crippen LogP contribution >= 0.6 is 61.2 Å². The standard InChI is InChI=1S/C5H12Br4Si2/c1-10(2,6)4-3-5-11(7,8)9/h3-5H2,1-2H3. The molecule has 0 aromatic carbocycles. The normalized spacial score (nSPS) is 13.6. The summed E-state index contributed by atoms with van der Waals surface area (Å²) in [5.74, 6) is 0. The predicted molar refractivity (Wildman–Crippen MR) is 73.2 cm³/mol. The minimum absolute atomic E-state index is 0.985. The second-order valence-electron chi connectivity index (χ2n) is 3.19. The molecule has 0 atom stereocenters. The van der Waals surface area contributed by atoms with Gasteiger partial charge in [-0.05, 0) is 12.1 Å². The molecule has 0 aromatic rings. The second-order valence-corrected chi connectivity index (χ2v) is 37.1. The molecule has 0 saturated heterocycles. The smallest absolute Gasteiger partial charge is 0.127 e. The minimum Gasteiger partial charge on any atom is -0.127 e. The number of halogens is 4. The van der Waals surface area contributed by atoms with Crippen LogP contribution in [0.25, 0.3) is 0 Å². The quantitative estimate of drug-likeness (QED) is 0.415. The SMILES string of the molecule is C[Si](C)(Br)CCC[Si](Br)(Br)Br. The number of hydrogen-bond acceptors (Lipinski definition) is 0. The molecule has 0 heterocycles. The van der Waals surface area contributed by atoms with E-state index in [1.165, 1.54) is 18.5 Å². The van der Waals surface area contributed by atoms with Gasteiger partial charge in [-0.15, -0.1) is 15.3 Å². The second kappa shape index (κ2) is 5.29. The van der Waals surface area contributed by atoms with Crippen molar-refractivity contribution in [1.82, 2.24) is 0 Å². The van der Waals surface area contributed by atoms with Crippen LogP contribution in [0.5, 0.6) is 0 Å². The monoisotopic (exact) mass is 444 g/mol. The van der Waals surface area contributed by atoms with Crippen molar-refractivity contribution in [2.75, 3.05) is 0 Å². The van der Waals surface area contributed by atoms with Crippen molar-refractivity contribution in [2.24, 2.45) is 0 Å². The molecular weight excluding hydrogens is 436 g/mol. The van der Waals surface area contributed by atoms with Gasteiger partial charge in [-0.1, -0.05) is 65.4 Å². The number of hydrogen-bond donors (Lipinski definition) is 0. The maximum atomic E-state index is 3.75. The molecule has 0 spiro atoms. The lowest BCUT2D eigenvalue weighted by atomic mass is 10.6. The van der Waals surface area contributed by atoms with Gasteiger partial charge in [0.25, 0.3) is 3.93 Å². The average molecular weight is 448 g/mol. The van der Waals surface area contributed by atoms with Gasteiger partial charge in [0.15, 0.2) is 0 Å². The van der Waals surface area contributed by atoms with E-state index in [4.69, 9.17) is 0 Å². The average Bonchev–Trinajstić information content (AvgIpc) is 1.55. The Labute approximate surface area is 102 Å². The molecule has 6 heteroatoms. The third-order valence-corrected chi connectivity index (χ3v) is 8.45. The first-order valence-corrected chi connectivity index (χ1v) is 17.9. The van der Waals surface area contributed by atoms with Gasteiger partial charge in [0.05, 0.1) is 0 Å². The molecule has 0 unspecified atom stereocenters. The third kappa shape index (κ3) is 12.4. The van der Waals surface area contributed by atoms with Crippen LogP contribution in [0.2, 0.25) is 25.2 Å². The summed E-state index contributed by atoms with van der Waals surface area (Å²) in [6, 6.07) is 2.60. The summed E-state index contributed by atoms with van der Waals surface area (Å²) in [7, 11) is 0. The Balaban J connectivity index is 3.44. The summed E-state index contributed by atoms with van der Waals surface area (Å²) < 4.78 is -1.32. The molecule has 0 nitrogen and oxygen atoms in total. The lowest BCUT2D eigenvalue weighted by Crippen LogP contribution is -2.16. The molecular formula is C5H12Br4Si2. The molecule has 0 saturated carbocycles. The van der Waals surface area contributed by atoms with Crippen LogP contribution in [0.1, 0.15) is 6.42 Å². The summed E-state index contributed by atoms with van der Waals surface area (Å²) in [4.78, 5) is 0. The molecule has 0 aliphatic rings. The van der Waals surface area contributed by atoms with Gasteiger partial charge in [-0.3, -0.25) is 0 Å². The Bertz CT molecular complexity index is 101. The summed E-state index contributed by atoms with van der Waals surface area (Å²) in [6.45, 7) is 3.70. The van der Waals surface area contributed by atoms with Crippen molar-refractivity contribution < 1.29 is 0 Å². The highest BCUT2D eigenvalue weighted by Crippen LogP contribution is 2.35. The largest absolute Gasteiger partial charge is 0.267 e. The van der Waals surface area contributed by atoms with E-state index in [-0.39, 0.29) is 0 Å². The van der Waals surface area contributed by atoms with Gasteiger partial charge in [0, 0.05) is 0 Å². The van der Waals surface area contributed by atoms with E-state index in [1.54, 1.807) is 0 Å². The fourth-order valence-corrected chi connectivity index (χ4v) is 6.02. The van der Waals surface area contributed by atoms with Crippen LogP contribution in [0.4, 0.5) is 0 Å². The first-order valence-electron chi connectivity index (χ1n) is 3.46. The zero-order valence-electron chi connectivity index (χ0n) is 6.63. The molecule has 0 fully saturated rings. The van der Waals surface area contributed by atoms with Gasteiger partial charge >= 0.3 is 0 Å². The molecule has 0 radical (unpaired) electrons. The minimum atomic E-state index is -1.32. The topological polar surface area (TPSA) is 0 Å². The maximum absolute atomic E-state index is 3.75. The molecule has 0 rings (SSSR count). The van der Waals surface area contributed by atoms with E-state index in [2.05, 4.69) is 74.3 Å². The van der Waals surface area contributed by atoms with Gasteiger partial charge < -0.3 is 0 Å². The highest BCUT2D eigenvalue weighted by atomic mass is 80.0. The Morgan fingerprint density at radius 1 is 0.909 bits per heavy atom. The third-order valence-electron chi connectivity index (χ3n) is 1.23. The summed E-state index contributed by atoms with van der Waals surface area (Å²) in [6.07, 6.45) is 1.30. The Morgan fingerprint density at radius 3 is 1.64 bits per heavy atom. The zero-order chi connectivity index (χ0) is 9.12. The van der Waals surface area contributed by atoms with E-state index in [0.717, 1.165) is 0 Å². The van der Waals surface area contributed by atoms with E-state index in [0.29, 0.717) is 0 Å². The van der Waals surface area contributed by atoms with Crippen LogP contribution in [0, 0.1) is 0 Å². The highest BCUT2D eigenvalue weighted by molar-refractivity contribution is 9.72. The Kier molecular flexibility index (Phi) is 6.42. The van der Waals surface area contributed by atoms with Crippen molar-refractivity contribution in [3.05, 3.63) is 0 Å². The van der Waals surface area contributed by atoms with Crippen molar-refractivity contribution in [2.45, 2.75) is 31.6 Å². The van der Waals surface area contributed by atoms with Crippen molar-refractivity contribution in [3.8, 4) is 0 Å². The molecule has 68 valence electrons. The fourth-order valence-electron chi connectivity index (χ4n) is 0.709. The van der Waals surface area contributed by atoms with Gasteiger partial charge in [-0.25, -0.2) is 0 Å². The lowest BCUT2D eigenvalue weighted by molar-refractivity contribution is 1.05. The predicted octanol–water partition coefficient (Wildman–Crippen LogP) is 5.10. The van der Waals surface area contributed by atoms with E-state index in [9.17, 15) is 0 Å². The van der Waals surface area contributed by atoms with E-state index < -0.39 is 10.6 Å². The molecule has 0 aromatic heterocycles. The van der Waals surface area contributed by atoms with Crippen LogP contribution in [0.15, 0.2) is 0 Å². The molecule has 0 aliphatic carbocycles. The summed E-state index contributed by atoms with van der Waals surface area (Å²) in [5, 5.41) is 0. The highest BCUT2D eigenvalue weighted by Gasteiger charge is 2.23. The molecule has 11 heavy (non-hydrogen) atoms. The van der Waals surface area contributed by atoms with Gasteiger partial charge in [0.1, 0.15) is 6.69 Å². The van der Waals surface area contributed by atoms with Crippen LogP contribution in [0.3, 0.4) is 0 Å². The first-order chi connectivity index (χ1) is 4.71. The molecule has 0 aliphatic heterocycles. The Morgan fingerprint density at radius 2 is 1.36 bits per heavy atom. The van der Waals surface area contributed by atoms with Crippen LogP contribution < -0.4 is 0 Å².